The molecule has 14 nitrogen and oxygen atoms in total. The third-order valence-electron chi connectivity index (χ3n) is 4.86. The van der Waals surface area contributed by atoms with E-state index in [0.29, 0.717) is 11.2 Å². The van der Waals surface area contributed by atoms with E-state index in [9.17, 15) is 24.0 Å². The van der Waals surface area contributed by atoms with Crippen molar-refractivity contribution in [3.63, 3.8) is 0 Å². The van der Waals surface area contributed by atoms with Crippen molar-refractivity contribution in [2.75, 3.05) is 12.9 Å². The van der Waals surface area contributed by atoms with Crippen molar-refractivity contribution < 1.29 is 47.7 Å². The van der Waals surface area contributed by atoms with Crippen molar-refractivity contribution >= 4 is 65.0 Å². The summed E-state index contributed by atoms with van der Waals surface area (Å²) in [5.74, 6) is -3.92. The van der Waals surface area contributed by atoms with Gasteiger partial charge in [0, 0.05) is 34.6 Å². The highest BCUT2D eigenvalue weighted by Gasteiger charge is 2.47. The second kappa shape index (κ2) is 13.9. The first-order chi connectivity index (χ1) is 17.8. The SMILES string of the molecule is CS[C@@H]([C@@H](OC(C)=O)[C@@H](OC(C)=O)[C@@H](OC(C)=O)[C@@H](COC(C)=O)OC(C)=O)n1cnc2c(=S)nc[nH]c21. The van der Waals surface area contributed by atoms with Crippen molar-refractivity contribution in [3.05, 3.63) is 17.3 Å². The van der Waals surface area contributed by atoms with Gasteiger partial charge in [0.1, 0.15) is 23.1 Å². The number of carbonyl (C=O) groups excluding carboxylic acids is 5. The van der Waals surface area contributed by atoms with Crippen LogP contribution in [0.5, 0.6) is 0 Å². The number of fused-ring (bicyclic) bond motifs is 1. The molecule has 208 valence electrons. The smallest absolute Gasteiger partial charge is 0.303 e. The first-order valence-corrected chi connectivity index (χ1v) is 12.8. The Morgan fingerprint density at radius 1 is 0.868 bits per heavy atom. The number of nitrogens with zero attached hydrogens (tertiary/aromatic N) is 3. The number of imidazole rings is 1. The lowest BCUT2D eigenvalue weighted by molar-refractivity contribution is -0.203. The van der Waals surface area contributed by atoms with Gasteiger partial charge in [-0.05, 0) is 6.26 Å². The molecule has 2 rings (SSSR count). The van der Waals surface area contributed by atoms with Gasteiger partial charge in [0.15, 0.2) is 29.1 Å². The van der Waals surface area contributed by atoms with Gasteiger partial charge in [-0.1, -0.05) is 12.2 Å². The van der Waals surface area contributed by atoms with Crippen LogP contribution in [0.4, 0.5) is 0 Å². The minimum Gasteiger partial charge on any atom is -0.462 e. The minimum atomic E-state index is -1.56. The van der Waals surface area contributed by atoms with Crippen LogP contribution in [-0.4, -0.2) is 86.6 Å². The van der Waals surface area contributed by atoms with Crippen molar-refractivity contribution in [2.24, 2.45) is 0 Å². The van der Waals surface area contributed by atoms with Gasteiger partial charge in [0.2, 0.25) is 0 Å². The molecular weight excluding hydrogens is 544 g/mol. The molecule has 0 radical (unpaired) electrons. The van der Waals surface area contributed by atoms with Gasteiger partial charge in [0.25, 0.3) is 0 Å². The Hall–Kier alpha value is -3.53. The number of aromatic nitrogens is 4. The average molecular weight is 573 g/mol. The molecule has 38 heavy (non-hydrogen) atoms. The van der Waals surface area contributed by atoms with Gasteiger partial charge in [-0.2, -0.15) is 0 Å². The van der Waals surface area contributed by atoms with Gasteiger partial charge in [-0.25, -0.2) is 9.97 Å². The Kier molecular flexibility index (Phi) is 11.2. The van der Waals surface area contributed by atoms with Gasteiger partial charge >= 0.3 is 29.8 Å². The lowest BCUT2D eigenvalue weighted by atomic mass is 10.0. The van der Waals surface area contributed by atoms with Crippen molar-refractivity contribution in [1.82, 2.24) is 19.5 Å². The van der Waals surface area contributed by atoms with E-state index in [0.717, 1.165) is 34.6 Å². The van der Waals surface area contributed by atoms with E-state index in [2.05, 4.69) is 15.0 Å². The predicted octanol–water partition coefficient (Wildman–Crippen LogP) is 1.64. The monoisotopic (exact) mass is 572 g/mol. The molecule has 1 N–H and O–H groups in total. The Labute approximate surface area is 226 Å². The highest BCUT2D eigenvalue weighted by atomic mass is 32.2. The number of ether oxygens (including phenoxy) is 5. The Bertz CT molecular complexity index is 1250. The third-order valence-corrected chi connectivity index (χ3v) is 6.14. The number of nitrogens with one attached hydrogen (secondary N) is 1. The second-order valence-corrected chi connectivity index (χ2v) is 9.20. The van der Waals surface area contributed by atoms with Crippen LogP contribution < -0.4 is 0 Å². The summed E-state index contributed by atoms with van der Waals surface area (Å²) in [7, 11) is 0. The summed E-state index contributed by atoms with van der Waals surface area (Å²) in [6.45, 7) is 4.99. The first kappa shape index (κ1) is 30.7. The second-order valence-electron chi connectivity index (χ2n) is 7.86. The van der Waals surface area contributed by atoms with Gasteiger partial charge in [-0.3, -0.25) is 24.0 Å². The number of aromatic amines is 1. The zero-order chi connectivity index (χ0) is 28.6. The summed E-state index contributed by atoms with van der Waals surface area (Å²) >= 11 is 6.41. The standard InChI is InChI=1S/C22H28N4O10S2/c1-10(27)32-7-15(33-11(2)28)17(34-12(3)29)18(35-13(4)30)19(36-14(5)31)22(38-6)26-9-25-16-20(26)23-8-24-21(16)37/h8-9,15,17-19,22H,7H2,1-6H3,(H,23,24,37)/t15-,17+,18+,19+,22+/m1/s1. The normalized spacial score (nSPS) is 14.9. The number of rotatable bonds is 12. The number of esters is 5. The summed E-state index contributed by atoms with van der Waals surface area (Å²) in [5, 5.41) is -0.855. The summed E-state index contributed by atoms with van der Waals surface area (Å²) < 4.78 is 28.7. The minimum absolute atomic E-state index is 0.215. The zero-order valence-electron chi connectivity index (χ0n) is 21.5. The van der Waals surface area contributed by atoms with Gasteiger partial charge in [0.05, 0.1) is 12.7 Å². The van der Waals surface area contributed by atoms with Crippen LogP contribution in [0.25, 0.3) is 11.2 Å². The molecule has 0 aromatic carbocycles. The van der Waals surface area contributed by atoms with E-state index < -0.39 is 66.2 Å². The van der Waals surface area contributed by atoms with E-state index in [-0.39, 0.29) is 4.64 Å². The Morgan fingerprint density at radius 2 is 1.42 bits per heavy atom. The lowest BCUT2D eigenvalue weighted by Crippen LogP contribution is -2.54. The maximum atomic E-state index is 12.3. The summed E-state index contributed by atoms with van der Waals surface area (Å²) in [4.78, 5) is 71.3. The van der Waals surface area contributed by atoms with E-state index in [1.807, 2.05) is 0 Å². The molecule has 0 saturated heterocycles. The summed E-state index contributed by atoms with van der Waals surface area (Å²) in [6, 6.07) is 0. The van der Waals surface area contributed by atoms with E-state index in [1.54, 1.807) is 10.8 Å². The molecule has 0 spiro atoms. The zero-order valence-corrected chi connectivity index (χ0v) is 23.1. The average Bonchev–Trinajstić information content (AvgIpc) is 3.23. The fourth-order valence-corrected chi connectivity index (χ4v) is 4.69. The maximum absolute atomic E-state index is 12.3. The summed E-state index contributed by atoms with van der Waals surface area (Å²) in [6.07, 6.45) is -1.41. The predicted molar refractivity (Wildman–Crippen MR) is 134 cm³/mol. The van der Waals surface area contributed by atoms with Crippen LogP contribution in [0.1, 0.15) is 40.0 Å². The van der Waals surface area contributed by atoms with Crippen molar-refractivity contribution in [1.29, 1.82) is 0 Å². The van der Waals surface area contributed by atoms with Crippen LogP contribution in [-0.2, 0) is 47.7 Å². The van der Waals surface area contributed by atoms with Crippen LogP contribution in [0.3, 0.4) is 0 Å². The highest BCUT2D eigenvalue weighted by molar-refractivity contribution is 7.98. The fourth-order valence-electron chi connectivity index (χ4n) is 3.62. The van der Waals surface area contributed by atoms with E-state index >= 15 is 0 Å². The number of thioether (sulfide) groups is 1. The van der Waals surface area contributed by atoms with Crippen LogP contribution in [0, 0.1) is 4.64 Å². The molecular formula is C22H28N4O10S2. The maximum Gasteiger partial charge on any atom is 0.303 e. The molecule has 0 saturated carbocycles. The van der Waals surface area contributed by atoms with Crippen LogP contribution in [0.2, 0.25) is 0 Å². The lowest BCUT2D eigenvalue weighted by Gasteiger charge is -2.38. The fraction of sp³-hybridized carbons (Fsp3) is 0.545. The van der Waals surface area contributed by atoms with E-state index in [1.165, 1.54) is 24.4 Å². The molecule has 5 atom stereocenters. The molecule has 2 aromatic heterocycles. The highest BCUT2D eigenvalue weighted by Crippen LogP contribution is 2.35. The van der Waals surface area contributed by atoms with Crippen molar-refractivity contribution in [3.8, 4) is 0 Å². The molecule has 0 aliphatic heterocycles. The molecule has 0 unspecified atom stereocenters. The summed E-state index contributed by atoms with van der Waals surface area (Å²) in [5.41, 5.74) is 0.778. The molecule has 0 bridgehead atoms. The van der Waals surface area contributed by atoms with Gasteiger partial charge < -0.3 is 33.2 Å². The topological polar surface area (TPSA) is 178 Å². The first-order valence-electron chi connectivity index (χ1n) is 11.1. The number of hydrogen-bond acceptors (Lipinski definition) is 14. The van der Waals surface area contributed by atoms with Crippen LogP contribution >= 0.6 is 24.0 Å². The van der Waals surface area contributed by atoms with Crippen LogP contribution in [0.15, 0.2) is 12.7 Å². The molecule has 2 aromatic rings. The van der Waals surface area contributed by atoms with E-state index in [4.69, 9.17) is 35.9 Å². The Balaban J connectivity index is 2.73. The molecule has 0 fully saturated rings. The number of H-pyrrole nitrogens is 1. The molecule has 2 heterocycles. The number of carbonyl (C=O) groups is 5. The quantitative estimate of drug-likeness (QED) is 0.220. The third kappa shape index (κ3) is 8.24. The Morgan fingerprint density at radius 3 is 1.95 bits per heavy atom. The molecule has 16 heteroatoms. The molecule has 0 aliphatic carbocycles. The largest absolute Gasteiger partial charge is 0.462 e. The number of hydrogen-bond donors (Lipinski definition) is 1. The molecule has 0 amide bonds. The molecule has 0 aliphatic rings. The van der Waals surface area contributed by atoms with Gasteiger partial charge in [-0.15, -0.1) is 11.8 Å². The van der Waals surface area contributed by atoms with Crippen molar-refractivity contribution in [2.45, 2.75) is 64.4 Å².